The molecule has 1 aliphatic heterocycles. The number of fused-ring (bicyclic) bond motifs is 1. The molecule has 19 heavy (non-hydrogen) atoms. The number of amides is 1. The highest BCUT2D eigenvalue weighted by atomic mass is 35.5. The molecule has 0 fully saturated rings. The van der Waals surface area contributed by atoms with Crippen LogP contribution in [0.1, 0.15) is 12.5 Å². The Bertz CT molecular complexity index is 517. The molecule has 102 valence electrons. The molecule has 0 saturated heterocycles. The van der Waals surface area contributed by atoms with E-state index in [2.05, 4.69) is 5.32 Å². The minimum atomic E-state index is -1.06. The first kappa shape index (κ1) is 13.7. The van der Waals surface area contributed by atoms with Gasteiger partial charge in [0.05, 0.1) is 5.92 Å². The molecule has 1 aliphatic rings. The van der Waals surface area contributed by atoms with Crippen molar-refractivity contribution in [3.63, 3.8) is 0 Å². The highest BCUT2D eigenvalue weighted by molar-refractivity contribution is 6.30. The van der Waals surface area contributed by atoms with Crippen molar-refractivity contribution in [1.82, 2.24) is 5.32 Å². The van der Waals surface area contributed by atoms with E-state index in [4.69, 9.17) is 21.4 Å². The third-order valence-electron chi connectivity index (χ3n) is 3.03. The van der Waals surface area contributed by atoms with Crippen LogP contribution in [-0.4, -0.2) is 29.6 Å². The molecule has 0 radical (unpaired) electrons. The van der Waals surface area contributed by atoms with Gasteiger partial charge in [0.2, 0.25) is 5.91 Å². The number of benzene rings is 1. The number of carbonyl (C=O) groups is 2. The fraction of sp³-hybridized carbons (Fsp3) is 0.385. The highest BCUT2D eigenvalue weighted by Gasteiger charge is 2.28. The van der Waals surface area contributed by atoms with E-state index in [-0.39, 0.29) is 12.5 Å². The predicted octanol–water partition coefficient (Wildman–Crippen LogP) is 1.48. The molecule has 0 spiro atoms. The Hall–Kier alpha value is -1.75. The Morgan fingerprint density at radius 2 is 2.26 bits per heavy atom. The van der Waals surface area contributed by atoms with Gasteiger partial charge in [0, 0.05) is 5.02 Å². The molecule has 0 bridgehead atoms. The molecular weight excluding hydrogens is 270 g/mol. The molecule has 5 nitrogen and oxygen atoms in total. The summed E-state index contributed by atoms with van der Waals surface area (Å²) in [6.07, 6.45) is 0.494. The SMILES string of the molecule is C[C@@H](NC(=O)C1COc2ccc(Cl)cc2C1)C(=O)O. The molecular formula is C13H14ClNO4. The Labute approximate surface area is 115 Å². The molecule has 2 N–H and O–H groups in total. The number of nitrogens with one attached hydrogen (secondary N) is 1. The lowest BCUT2D eigenvalue weighted by molar-refractivity contribution is -0.142. The molecule has 0 saturated carbocycles. The van der Waals surface area contributed by atoms with E-state index in [1.54, 1.807) is 18.2 Å². The smallest absolute Gasteiger partial charge is 0.325 e. The first-order chi connectivity index (χ1) is 8.97. The van der Waals surface area contributed by atoms with Crippen LogP contribution in [0.4, 0.5) is 0 Å². The maximum atomic E-state index is 11.9. The van der Waals surface area contributed by atoms with Gasteiger partial charge in [0.15, 0.2) is 0 Å². The van der Waals surface area contributed by atoms with Crippen molar-refractivity contribution in [2.24, 2.45) is 5.92 Å². The molecule has 2 atom stereocenters. The van der Waals surface area contributed by atoms with Crippen LogP contribution >= 0.6 is 11.6 Å². The number of hydrogen-bond donors (Lipinski definition) is 2. The van der Waals surface area contributed by atoms with Crippen LogP contribution < -0.4 is 10.1 Å². The Morgan fingerprint density at radius 3 is 2.95 bits per heavy atom. The lowest BCUT2D eigenvalue weighted by atomic mass is 9.96. The van der Waals surface area contributed by atoms with Gasteiger partial charge < -0.3 is 15.2 Å². The first-order valence-electron chi connectivity index (χ1n) is 5.92. The van der Waals surface area contributed by atoms with Crippen molar-refractivity contribution in [3.05, 3.63) is 28.8 Å². The van der Waals surface area contributed by atoms with Gasteiger partial charge in [-0.1, -0.05) is 11.6 Å². The highest BCUT2D eigenvalue weighted by Crippen LogP contribution is 2.29. The van der Waals surface area contributed by atoms with Crippen molar-refractivity contribution < 1.29 is 19.4 Å². The number of carboxylic acid groups (broad SMARTS) is 1. The van der Waals surface area contributed by atoms with Crippen LogP contribution in [0.3, 0.4) is 0 Å². The number of hydrogen-bond acceptors (Lipinski definition) is 3. The predicted molar refractivity (Wildman–Crippen MR) is 69.4 cm³/mol. The number of carboxylic acids is 1. The number of ether oxygens (including phenoxy) is 1. The maximum Gasteiger partial charge on any atom is 0.325 e. The second kappa shape index (κ2) is 5.48. The van der Waals surface area contributed by atoms with E-state index in [0.717, 1.165) is 11.3 Å². The van der Waals surface area contributed by atoms with Crippen LogP contribution in [0.5, 0.6) is 5.75 Å². The summed E-state index contributed by atoms with van der Waals surface area (Å²) in [6, 6.07) is 4.35. The number of rotatable bonds is 3. The summed E-state index contributed by atoms with van der Waals surface area (Å²) in [7, 11) is 0. The largest absolute Gasteiger partial charge is 0.492 e. The summed E-state index contributed by atoms with van der Waals surface area (Å²) >= 11 is 5.90. The van der Waals surface area contributed by atoms with Crippen LogP contribution in [0, 0.1) is 5.92 Å². The second-order valence-electron chi connectivity index (χ2n) is 4.53. The summed E-state index contributed by atoms with van der Waals surface area (Å²) in [5.74, 6) is -1.05. The zero-order chi connectivity index (χ0) is 14.0. The van der Waals surface area contributed by atoms with Crippen molar-refractivity contribution >= 4 is 23.5 Å². The van der Waals surface area contributed by atoms with Gasteiger partial charge in [0.25, 0.3) is 0 Å². The average Bonchev–Trinajstić information content (AvgIpc) is 2.37. The minimum absolute atomic E-state index is 0.243. The Kier molecular flexibility index (Phi) is 3.95. The van der Waals surface area contributed by atoms with Gasteiger partial charge in [-0.15, -0.1) is 0 Å². The molecule has 1 amide bonds. The second-order valence-corrected chi connectivity index (χ2v) is 4.97. The van der Waals surface area contributed by atoms with E-state index >= 15 is 0 Å². The van der Waals surface area contributed by atoms with Crippen LogP contribution in [-0.2, 0) is 16.0 Å². The minimum Gasteiger partial charge on any atom is -0.492 e. The van der Waals surface area contributed by atoms with Crippen molar-refractivity contribution in [2.75, 3.05) is 6.61 Å². The molecule has 1 aromatic carbocycles. The monoisotopic (exact) mass is 283 g/mol. The summed E-state index contributed by atoms with van der Waals surface area (Å²) < 4.78 is 5.49. The van der Waals surface area contributed by atoms with Crippen LogP contribution in [0.15, 0.2) is 18.2 Å². The average molecular weight is 284 g/mol. The lowest BCUT2D eigenvalue weighted by Crippen LogP contribution is -2.44. The molecule has 1 heterocycles. The van der Waals surface area contributed by atoms with Crippen LogP contribution in [0.2, 0.25) is 5.02 Å². The molecule has 1 aromatic rings. The normalized spacial score (nSPS) is 18.9. The molecule has 6 heteroatoms. The molecule has 0 aromatic heterocycles. The summed E-state index contributed by atoms with van der Waals surface area (Å²) in [5.41, 5.74) is 0.863. The van der Waals surface area contributed by atoms with Gasteiger partial charge >= 0.3 is 5.97 Å². The zero-order valence-corrected chi connectivity index (χ0v) is 11.1. The number of aliphatic carboxylic acids is 1. The van der Waals surface area contributed by atoms with E-state index in [1.807, 2.05) is 0 Å². The third kappa shape index (κ3) is 3.17. The van der Waals surface area contributed by atoms with Gasteiger partial charge in [-0.3, -0.25) is 9.59 Å². The third-order valence-corrected chi connectivity index (χ3v) is 3.26. The molecule has 1 unspecified atom stereocenters. The van der Waals surface area contributed by atoms with E-state index in [9.17, 15) is 9.59 Å². The Morgan fingerprint density at radius 1 is 1.53 bits per heavy atom. The number of halogens is 1. The first-order valence-corrected chi connectivity index (χ1v) is 6.29. The fourth-order valence-electron chi connectivity index (χ4n) is 1.92. The standard InChI is InChI=1S/C13H14ClNO4/c1-7(13(17)18)15-12(16)9-4-8-5-10(14)2-3-11(8)19-6-9/h2-3,5,7,9H,4,6H2,1H3,(H,15,16)(H,17,18)/t7-,9?/m1/s1. The van der Waals surface area contributed by atoms with E-state index in [1.165, 1.54) is 6.92 Å². The lowest BCUT2D eigenvalue weighted by Gasteiger charge is -2.25. The van der Waals surface area contributed by atoms with Gasteiger partial charge in [-0.2, -0.15) is 0 Å². The topological polar surface area (TPSA) is 75.6 Å². The van der Waals surface area contributed by atoms with Crippen molar-refractivity contribution in [3.8, 4) is 5.75 Å². The van der Waals surface area contributed by atoms with E-state index < -0.39 is 17.9 Å². The fourth-order valence-corrected chi connectivity index (χ4v) is 2.12. The number of carbonyl (C=O) groups excluding carboxylic acids is 1. The van der Waals surface area contributed by atoms with Gasteiger partial charge in [-0.25, -0.2) is 0 Å². The summed E-state index contributed by atoms with van der Waals surface area (Å²) in [4.78, 5) is 22.6. The van der Waals surface area contributed by atoms with Crippen molar-refractivity contribution in [1.29, 1.82) is 0 Å². The summed E-state index contributed by atoms with van der Waals surface area (Å²) in [5, 5.41) is 11.8. The zero-order valence-electron chi connectivity index (χ0n) is 10.4. The van der Waals surface area contributed by atoms with Crippen molar-refractivity contribution in [2.45, 2.75) is 19.4 Å². The summed E-state index contributed by atoms with van der Waals surface area (Å²) in [6.45, 7) is 1.67. The van der Waals surface area contributed by atoms with Gasteiger partial charge in [-0.05, 0) is 37.1 Å². The maximum absolute atomic E-state index is 11.9. The molecule has 2 rings (SSSR count). The molecule has 0 aliphatic carbocycles. The van der Waals surface area contributed by atoms with Crippen LogP contribution in [0.25, 0.3) is 0 Å². The quantitative estimate of drug-likeness (QED) is 0.881. The van der Waals surface area contributed by atoms with E-state index in [0.29, 0.717) is 11.4 Å². The Balaban J connectivity index is 2.05. The van der Waals surface area contributed by atoms with Gasteiger partial charge in [0.1, 0.15) is 18.4 Å².